The lowest BCUT2D eigenvalue weighted by molar-refractivity contribution is -0.115. The van der Waals surface area contributed by atoms with Crippen molar-refractivity contribution in [1.29, 1.82) is 0 Å². The number of carbonyl (C=O) groups excluding carboxylic acids is 1. The van der Waals surface area contributed by atoms with Gasteiger partial charge in [0, 0.05) is 17.6 Å². The highest BCUT2D eigenvalue weighted by Crippen LogP contribution is 2.13. The zero-order valence-electron chi connectivity index (χ0n) is 9.95. The van der Waals surface area contributed by atoms with Crippen molar-refractivity contribution in [3.8, 4) is 0 Å². The lowest BCUT2D eigenvalue weighted by atomic mass is 10.1. The number of nitrogens with one attached hydrogen (secondary N) is 2. The molecule has 4 nitrogen and oxygen atoms in total. The third-order valence-corrected chi connectivity index (χ3v) is 2.41. The third-order valence-electron chi connectivity index (χ3n) is 2.41. The molecule has 2 rings (SSSR count). The summed E-state index contributed by atoms with van der Waals surface area (Å²) in [6.07, 6.45) is 3.54. The van der Waals surface area contributed by atoms with Gasteiger partial charge in [-0.15, -0.1) is 0 Å². The van der Waals surface area contributed by atoms with Crippen LogP contribution < -0.4 is 5.32 Å². The van der Waals surface area contributed by atoms with Crippen LogP contribution in [0, 0.1) is 13.8 Å². The van der Waals surface area contributed by atoms with Crippen molar-refractivity contribution in [3.63, 3.8) is 0 Å². The standard InChI is InChI=1S/C13H15N3O/c1-9-3-10(2)5-11(4-9)16-13(17)6-12-7-14-8-15-12/h3-5,7-8H,6H2,1-2H3,(H,14,15)(H,16,17). The number of anilines is 1. The SMILES string of the molecule is Cc1cc(C)cc(NC(=O)Cc2cnc[nH]2)c1. The molecule has 1 aromatic heterocycles. The lowest BCUT2D eigenvalue weighted by Crippen LogP contribution is -2.14. The molecular weight excluding hydrogens is 214 g/mol. The first-order valence-electron chi connectivity index (χ1n) is 5.49. The van der Waals surface area contributed by atoms with Gasteiger partial charge in [-0.2, -0.15) is 0 Å². The molecule has 88 valence electrons. The van der Waals surface area contributed by atoms with Crippen molar-refractivity contribution in [2.45, 2.75) is 20.3 Å². The number of hydrogen-bond donors (Lipinski definition) is 2. The third kappa shape index (κ3) is 3.17. The zero-order valence-corrected chi connectivity index (χ0v) is 9.95. The summed E-state index contributed by atoms with van der Waals surface area (Å²) in [5.74, 6) is -0.0424. The molecule has 0 aliphatic carbocycles. The van der Waals surface area contributed by atoms with Crippen molar-refractivity contribution in [3.05, 3.63) is 47.5 Å². The molecule has 0 radical (unpaired) electrons. The quantitative estimate of drug-likeness (QED) is 0.847. The average Bonchev–Trinajstić information content (AvgIpc) is 2.67. The smallest absolute Gasteiger partial charge is 0.230 e. The Morgan fingerprint density at radius 2 is 2.00 bits per heavy atom. The fourth-order valence-electron chi connectivity index (χ4n) is 1.81. The summed E-state index contributed by atoms with van der Waals surface area (Å²) < 4.78 is 0. The number of amides is 1. The maximum absolute atomic E-state index is 11.7. The van der Waals surface area contributed by atoms with Gasteiger partial charge in [0.25, 0.3) is 0 Å². The summed E-state index contributed by atoms with van der Waals surface area (Å²) in [7, 11) is 0. The van der Waals surface area contributed by atoms with E-state index in [1.54, 1.807) is 12.5 Å². The number of hydrogen-bond acceptors (Lipinski definition) is 2. The molecule has 1 aromatic carbocycles. The highest BCUT2D eigenvalue weighted by Gasteiger charge is 2.05. The second kappa shape index (κ2) is 4.82. The summed E-state index contributed by atoms with van der Waals surface area (Å²) in [6, 6.07) is 5.99. The fraction of sp³-hybridized carbons (Fsp3) is 0.231. The fourth-order valence-corrected chi connectivity index (χ4v) is 1.81. The van der Waals surface area contributed by atoms with Crippen molar-refractivity contribution in [2.24, 2.45) is 0 Å². The molecule has 2 N–H and O–H groups in total. The maximum Gasteiger partial charge on any atom is 0.230 e. The Balaban J connectivity index is 2.03. The molecule has 0 spiro atoms. The van der Waals surface area contributed by atoms with Crippen LogP contribution in [-0.2, 0) is 11.2 Å². The molecule has 0 saturated heterocycles. The molecule has 2 aromatic rings. The van der Waals surface area contributed by atoms with Crippen LogP contribution >= 0.6 is 0 Å². The van der Waals surface area contributed by atoms with E-state index in [1.807, 2.05) is 26.0 Å². The van der Waals surface area contributed by atoms with Gasteiger partial charge in [-0.25, -0.2) is 4.98 Å². The van der Waals surface area contributed by atoms with E-state index in [2.05, 4.69) is 21.4 Å². The van der Waals surface area contributed by atoms with Gasteiger partial charge in [-0.1, -0.05) is 6.07 Å². The van der Waals surface area contributed by atoms with Crippen molar-refractivity contribution in [1.82, 2.24) is 9.97 Å². The second-order valence-electron chi connectivity index (χ2n) is 4.18. The predicted molar refractivity (Wildman–Crippen MR) is 66.8 cm³/mol. The number of H-pyrrole nitrogens is 1. The van der Waals surface area contributed by atoms with Crippen molar-refractivity contribution in [2.75, 3.05) is 5.32 Å². The minimum Gasteiger partial charge on any atom is -0.348 e. The molecule has 0 aliphatic heterocycles. The van der Waals surface area contributed by atoms with Crippen molar-refractivity contribution < 1.29 is 4.79 Å². The summed E-state index contributed by atoms with van der Waals surface area (Å²) in [5, 5.41) is 2.88. The monoisotopic (exact) mass is 229 g/mol. The number of benzene rings is 1. The predicted octanol–water partition coefficient (Wildman–Crippen LogP) is 2.21. The summed E-state index contributed by atoms with van der Waals surface area (Å²) in [4.78, 5) is 18.5. The maximum atomic E-state index is 11.7. The molecule has 0 bridgehead atoms. The van der Waals surface area contributed by atoms with Gasteiger partial charge in [0.15, 0.2) is 0 Å². The first-order valence-corrected chi connectivity index (χ1v) is 5.49. The van der Waals surface area contributed by atoms with E-state index in [4.69, 9.17) is 0 Å². The number of nitrogens with zero attached hydrogens (tertiary/aromatic N) is 1. The number of rotatable bonds is 3. The van der Waals surface area contributed by atoms with Crippen LogP contribution in [0.3, 0.4) is 0 Å². The van der Waals surface area contributed by atoms with E-state index in [1.165, 1.54) is 0 Å². The van der Waals surface area contributed by atoms with Crippen LogP contribution in [0.5, 0.6) is 0 Å². The topological polar surface area (TPSA) is 57.8 Å². The summed E-state index contributed by atoms with van der Waals surface area (Å²) in [5.41, 5.74) is 3.93. The van der Waals surface area contributed by atoms with Gasteiger partial charge < -0.3 is 10.3 Å². The van der Waals surface area contributed by atoms with Gasteiger partial charge in [0.2, 0.25) is 5.91 Å². The van der Waals surface area contributed by atoms with E-state index >= 15 is 0 Å². The van der Waals surface area contributed by atoms with E-state index in [9.17, 15) is 4.79 Å². The minimum absolute atomic E-state index is 0.0424. The normalized spacial score (nSPS) is 10.2. The molecule has 17 heavy (non-hydrogen) atoms. The van der Waals surface area contributed by atoms with Crippen LogP contribution in [0.1, 0.15) is 16.8 Å². The number of imidazole rings is 1. The first kappa shape index (κ1) is 11.4. The van der Waals surface area contributed by atoms with Crippen LogP contribution in [0.15, 0.2) is 30.7 Å². The Bertz CT molecular complexity index is 497. The number of aromatic amines is 1. The molecule has 1 heterocycles. The number of aryl methyl sites for hydroxylation is 2. The average molecular weight is 229 g/mol. The highest BCUT2D eigenvalue weighted by atomic mass is 16.1. The van der Waals surface area contributed by atoms with Crippen LogP contribution in [0.2, 0.25) is 0 Å². The molecule has 0 aliphatic rings. The van der Waals surface area contributed by atoms with E-state index in [0.29, 0.717) is 6.42 Å². The Labute approximate surface area is 100 Å². The molecule has 0 saturated carbocycles. The highest BCUT2D eigenvalue weighted by molar-refractivity contribution is 5.92. The molecule has 0 atom stereocenters. The van der Waals surface area contributed by atoms with Gasteiger partial charge in [-0.3, -0.25) is 4.79 Å². The Kier molecular flexibility index (Phi) is 3.23. The molecular formula is C13H15N3O. The van der Waals surface area contributed by atoms with Gasteiger partial charge in [-0.05, 0) is 37.1 Å². The Hall–Kier alpha value is -2.10. The van der Waals surface area contributed by atoms with Gasteiger partial charge >= 0.3 is 0 Å². The van der Waals surface area contributed by atoms with Crippen LogP contribution in [0.25, 0.3) is 0 Å². The molecule has 1 amide bonds. The minimum atomic E-state index is -0.0424. The van der Waals surface area contributed by atoms with E-state index in [0.717, 1.165) is 22.5 Å². The largest absolute Gasteiger partial charge is 0.348 e. The van der Waals surface area contributed by atoms with E-state index in [-0.39, 0.29) is 5.91 Å². The zero-order chi connectivity index (χ0) is 12.3. The summed E-state index contributed by atoms with van der Waals surface area (Å²) >= 11 is 0. The Morgan fingerprint density at radius 1 is 1.29 bits per heavy atom. The number of carbonyl (C=O) groups is 1. The van der Waals surface area contributed by atoms with Crippen LogP contribution in [-0.4, -0.2) is 15.9 Å². The summed E-state index contributed by atoms with van der Waals surface area (Å²) in [6.45, 7) is 4.02. The second-order valence-corrected chi connectivity index (χ2v) is 4.18. The van der Waals surface area contributed by atoms with E-state index < -0.39 is 0 Å². The lowest BCUT2D eigenvalue weighted by Gasteiger charge is -2.06. The van der Waals surface area contributed by atoms with Crippen LogP contribution in [0.4, 0.5) is 5.69 Å². The first-order chi connectivity index (χ1) is 8.13. The molecule has 0 unspecified atom stereocenters. The van der Waals surface area contributed by atoms with Gasteiger partial charge in [0.1, 0.15) is 0 Å². The Morgan fingerprint density at radius 3 is 2.59 bits per heavy atom. The van der Waals surface area contributed by atoms with Gasteiger partial charge in [0.05, 0.1) is 12.7 Å². The molecule has 0 fully saturated rings. The molecule has 4 heteroatoms. The number of aromatic nitrogens is 2. The van der Waals surface area contributed by atoms with Crippen molar-refractivity contribution >= 4 is 11.6 Å².